The lowest BCUT2D eigenvalue weighted by Crippen LogP contribution is -2.27. The zero-order chi connectivity index (χ0) is 22.3. The number of hydrogen-bond donors (Lipinski definition) is 3. The molecule has 4 N–H and O–H groups in total. The molecule has 0 saturated heterocycles. The zero-order valence-corrected chi connectivity index (χ0v) is 17.8. The third-order valence-corrected chi connectivity index (χ3v) is 6.20. The zero-order valence-electron chi connectivity index (χ0n) is 15.5. The molecular formula is C19H14Cl2F3N5OS. The molecule has 2 atom stereocenters. The van der Waals surface area contributed by atoms with Gasteiger partial charge in [0, 0.05) is 15.8 Å². The van der Waals surface area contributed by atoms with Gasteiger partial charge in [-0.05, 0) is 42.5 Å². The van der Waals surface area contributed by atoms with Crippen molar-refractivity contribution in [1.82, 2.24) is 9.97 Å². The minimum atomic E-state index is -4.50. The molecule has 0 spiro atoms. The van der Waals surface area contributed by atoms with Crippen molar-refractivity contribution in [3.63, 3.8) is 0 Å². The van der Waals surface area contributed by atoms with E-state index in [0.29, 0.717) is 10.9 Å². The maximum Gasteiger partial charge on any atom is 0.395 e. The third kappa shape index (κ3) is 4.67. The van der Waals surface area contributed by atoms with E-state index in [2.05, 4.69) is 20.3 Å². The fourth-order valence-electron chi connectivity index (χ4n) is 3.12. The number of carbonyl (C=O) groups is 1. The molecule has 4 rings (SSSR count). The van der Waals surface area contributed by atoms with E-state index in [1.807, 2.05) is 6.07 Å². The average molecular weight is 488 g/mol. The second-order valence-electron chi connectivity index (χ2n) is 6.79. The van der Waals surface area contributed by atoms with E-state index in [-0.39, 0.29) is 20.5 Å². The first-order valence-electron chi connectivity index (χ1n) is 8.93. The smallest absolute Gasteiger partial charge is 0.345 e. The first kappa shape index (κ1) is 21.9. The Bertz CT molecular complexity index is 1180. The number of Topliss-reactive ketones (excluding diaryl/α,β-unsaturated/α-hetero) is 1. The van der Waals surface area contributed by atoms with Crippen molar-refractivity contribution in [2.24, 2.45) is 16.6 Å². The van der Waals surface area contributed by atoms with Crippen molar-refractivity contribution in [2.45, 2.75) is 18.8 Å². The molecule has 162 valence electrons. The van der Waals surface area contributed by atoms with Crippen molar-refractivity contribution < 1.29 is 18.0 Å². The van der Waals surface area contributed by atoms with Crippen LogP contribution in [0.3, 0.4) is 0 Å². The number of imidazole rings is 1. The van der Waals surface area contributed by atoms with Crippen LogP contribution in [-0.4, -0.2) is 33.3 Å². The number of nitrogens with one attached hydrogen (secondary N) is 2. The van der Waals surface area contributed by atoms with E-state index in [1.165, 1.54) is 6.08 Å². The lowest BCUT2D eigenvalue weighted by molar-refractivity contribution is -0.160. The number of H-pyrrole nitrogens is 1. The number of amidine groups is 1. The molecule has 2 heterocycles. The van der Waals surface area contributed by atoms with Crippen LogP contribution >= 0.6 is 35.0 Å². The number of aliphatic imine (C=N–C) groups is 1. The van der Waals surface area contributed by atoms with Gasteiger partial charge in [0.1, 0.15) is 6.17 Å². The second kappa shape index (κ2) is 8.34. The van der Waals surface area contributed by atoms with E-state index in [4.69, 9.17) is 28.9 Å². The Morgan fingerprint density at radius 1 is 1.29 bits per heavy atom. The number of aromatic nitrogens is 2. The number of halogens is 5. The largest absolute Gasteiger partial charge is 0.395 e. The highest BCUT2D eigenvalue weighted by Crippen LogP contribution is 2.43. The Kier molecular flexibility index (Phi) is 5.91. The molecule has 1 aromatic carbocycles. The fraction of sp³-hybridized carbons (Fsp3) is 0.211. The highest BCUT2D eigenvalue weighted by Gasteiger charge is 2.42. The van der Waals surface area contributed by atoms with Crippen molar-refractivity contribution in [1.29, 1.82) is 0 Å². The summed E-state index contributed by atoms with van der Waals surface area (Å²) in [6.45, 7) is 0. The molecule has 31 heavy (non-hydrogen) atoms. The molecule has 2 aliphatic rings. The molecule has 0 fully saturated rings. The number of nitrogens with two attached hydrogens (primary N) is 1. The summed E-state index contributed by atoms with van der Waals surface area (Å²) in [5.74, 6) is -2.44. The van der Waals surface area contributed by atoms with Gasteiger partial charge in [-0.15, -0.1) is 0 Å². The van der Waals surface area contributed by atoms with Gasteiger partial charge in [0.05, 0.1) is 33.8 Å². The molecule has 2 aromatic rings. The van der Waals surface area contributed by atoms with Crippen LogP contribution in [0.2, 0.25) is 0 Å². The van der Waals surface area contributed by atoms with Gasteiger partial charge >= 0.3 is 6.18 Å². The summed E-state index contributed by atoms with van der Waals surface area (Å²) in [4.78, 5) is 24.6. The van der Waals surface area contributed by atoms with Crippen LogP contribution < -0.4 is 11.1 Å². The number of thioether (sulfide) groups is 1. The number of aromatic amines is 1. The van der Waals surface area contributed by atoms with E-state index < -0.39 is 30.5 Å². The summed E-state index contributed by atoms with van der Waals surface area (Å²) in [5.41, 5.74) is 8.04. The fourth-order valence-corrected chi connectivity index (χ4v) is 4.83. The van der Waals surface area contributed by atoms with Gasteiger partial charge in [-0.25, -0.2) is 9.98 Å². The summed E-state index contributed by atoms with van der Waals surface area (Å²) < 4.78 is 39.1. The quantitative estimate of drug-likeness (QED) is 0.565. The number of alkyl halides is 3. The Hall–Kier alpha value is -2.27. The number of benzene rings is 1. The highest BCUT2D eigenvalue weighted by molar-refractivity contribution is 8.18. The number of nitrogens with zero attached hydrogens (tertiary/aromatic N) is 2. The SMILES string of the molecule is NC1C=C(C(=O)C2=C(Cl)CC(C(F)(F)F)C=C2Cl)SC(Nc2ccc3nc[nH]c3c2)=N1. The summed E-state index contributed by atoms with van der Waals surface area (Å²) in [7, 11) is 0. The predicted octanol–water partition coefficient (Wildman–Crippen LogP) is 5.01. The normalized spacial score (nSPS) is 22.2. The number of hydrogen-bond acceptors (Lipinski definition) is 6. The Labute approximate surface area is 188 Å². The number of ketones is 1. The summed E-state index contributed by atoms with van der Waals surface area (Å²) >= 11 is 13.1. The highest BCUT2D eigenvalue weighted by atomic mass is 35.5. The van der Waals surface area contributed by atoms with E-state index in [0.717, 1.165) is 28.9 Å². The Morgan fingerprint density at radius 2 is 2.06 bits per heavy atom. The minimum absolute atomic E-state index is 0.157. The molecule has 0 saturated carbocycles. The van der Waals surface area contributed by atoms with Crippen molar-refractivity contribution in [2.75, 3.05) is 5.32 Å². The molecule has 1 aliphatic heterocycles. The number of rotatable bonds is 3. The first-order chi connectivity index (χ1) is 14.6. The van der Waals surface area contributed by atoms with Crippen molar-refractivity contribution >= 4 is 62.6 Å². The summed E-state index contributed by atoms with van der Waals surface area (Å²) in [5, 5.41) is 2.85. The van der Waals surface area contributed by atoms with E-state index in [9.17, 15) is 18.0 Å². The molecular weight excluding hydrogens is 474 g/mol. The second-order valence-corrected chi connectivity index (χ2v) is 8.69. The van der Waals surface area contributed by atoms with Crippen LogP contribution in [0.15, 0.2) is 62.2 Å². The maximum atomic E-state index is 13.0. The van der Waals surface area contributed by atoms with Gasteiger partial charge < -0.3 is 16.0 Å². The standard InChI is InChI=1S/C19H14Cl2F3N5OS/c20-10-3-8(19(22,23)24)4-11(21)16(10)17(30)14-6-15(25)29-18(31-14)28-9-1-2-12-13(5-9)27-7-26-12/h1-3,5-8,15H,4,25H2,(H,26,27)(H,28,29). The molecule has 0 radical (unpaired) electrons. The van der Waals surface area contributed by atoms with Crippen molar-refractivity contribution in [3.8, 4) is 0 Å². The lowest BCUT2D eigenvalue weighted by atomic mass is 9.93. The summed E-state index contributed by atoms with van der Waals surface area (Å²) in [6, 6.07) is 5.40. The van der Waals surface area contributed by atoms with Crippen LogP contribution in [-0.2, 0) is 4.79 Å². The maximum absolute atomic E-state index is 13.0. The van der Waals surface area contributed by atoms with Crippen LogP contribution in [0.25, 0.3) is 11.0 Å². The van der Waals surface area contributed by atoms with Crippen LogP contribution in [0.4, 0.5) is 18.9 Å². The van der Waals surface area contributed by atoms with Gasteiger partial charge in [-0.2, -0.15) is 13.2 Å². The molecule has 1 aliphatic carbocycles. The van der Waals surface area contributed by atoms with Gasteiger partial charge in [0.15, 0.2) is 5.17 Å². The van der Waals surface area contributed by atoms with Gasteiger partial charge in [-0.1, -0.05) is 29.3 Å². The molecule has 1 aromatic heterocycles. The monoisotopic (exact) mass is 487 g/mol. The predicted molar refractivity (Wildman–Crippen MR) is 117 cm³/mol. The van der Waals surface area contributed by atoms with Crippen LogP contribution in [0, 0.1) is 5.92 Å². The molecule has 0 amide bonds. The summed E-state index contributed by atoms with van der Waals surface area (Å²) in [6.07, 6.45) is -2.09. The average Bonchev–Trinajstić information content (AvgIpc) is 3.14. The van der Waals surface area contributed by atoms with Gasteiger partial charge in [0.2, 0.25) is 5.78 Å². The van der Waals surface area contributed by atoms with E-state index >= 15 is 0 Å². The topological polar surface area (TPSA) is 96.2 Å². The minimum Gasteiger partial charge on any atom is -0.345 e. The molecule has 6 nitrogen and oxygen atoms in total. The number of allylic oxidation sites excluding steroid dienone is 5. The number of anilines is 1. The Balaban J connectivity index is 1.53. The van der Waals surface area contributed by atoms with Crippen LogP contribution in [0.1, 0.15) is 6.42 Å². The molecule has 2 unspecified atom stereocenters. The number of carbonyl (C=O) groups excluding carboxylic acids is 1. The van der Waals surface area contributed by atoms with Gasteiger partial charge in [0.25, 0.3) is 0 Å². The van der Waals surface area contributed by atoms with E-state index in [1.54, 1.807) is 18.5 Å². The number of fused-ring (bicyclic) bond motifs is 1. The van der Waals surface area contributed by atoms with Gasteiger partial charge in [-0.3, -0.25) is 4.79 Å². The molecule has 0 bridgehead atoms. The third-order valence-electron chi connectivity index (χ3n) is 4.59. The van der Waals surface area contributed by atoms with Crippen LogP contribution in [0.5, 0.6) is 0 Å². The lowest BCUT2D eigenvalue weighted by Gasteiger charge is -2.24. The molecule has 12 heteroatoms. The first-order valence-corrected chi connectivity index (χ1v) is 10.5. The van der Waals surface area contributed by atoms with Crippen molar-refractivity contribution in [3.05, 3.63) is 57.2 Å². The Morgan fingerprint density at radius 3 is 2.77 bits per heavy atom.